The van der Waals surface area contributed by atoms with Crippen LogP contribution in [0.2, 0.25) is 0 Å². The van der Waals surface area contributed by atoms with Crippen LogP contribution in [0.15, 0.2) is 40.8 Å². The van der Waals surface area contributed by atoms with Crippen molar-refractivity contribution in [2.75, 3.05) is 0 Å². The quantitative estimate of drug-likeness (QED) is 0.480. The highest BCUT2D eigenvalue weighted by molar-refractivity contribution is 4.98. The van der Waals surface area contributed by atoms with Crippen LogP contribution in [0.25, 0.3) is 0 Å². The number of hydrogen-bond acceptors (Lipinski definition) is 0. The Morgan fingerprint density at radius 1 is 1.09 bits per heavy atom. The summed E-state index contributed by atoms with van der Waals surface area (Å²) < 4.78 is 0. The van der Waals surface area contributed by atoms with Gasteiger partial charge in [-0.2, -0.15) is 0 Å². The lowest BCUT2D eigenvalue weighted by Crippen LogP contribution is -1.77. The van der Waals surface area contributed by atoms with Gasteiger partial charge in [-0.25, -0.2) is 0 Å². The van der Waals surface area contributed by atoms with Crippen molar-refractivity contribution in [3.8, 4) is 0 Å². The lowest BCUT2D eigenvalue weighted by molar-refractivity contribution is 0.626. The third kappa shape index (κ3) is 20.9. The van der Waals surface area contributed by atoms with Crippen molar-refractivity contribution < 1.29 is 0 Å². The largest absolute Gasteiger partial charge is 0.0687 e. The molecule has 0 heteroatoms. The van der Waals surface area contributed by atoms with E-state index in [1.165, 1.54) is 31.3 Å². The van der Waals surface area contributed by atoms with Crippen molar-refractivity contribution in [1.82, 2.24) is 0 Å². The average molecular weight is 301 g/mol. The summed E-state index contributed by atoms with van der Waals surface area (Å²) in [4.78, 5) is 0. The predicted molar refractivity (Wildman–Crippen MR) is 100.0 cm³/mol. The summed E-state index contributed by atoms with van der Waals surface area (Å²) in [7, 11) is 0. The minimum Gasteiger partial charge on any atom is -0.0687 e. The molecule has 1 aliphatic carbocycles. The molecule has 0 aliphatic heterocycles. The Morgan fingerprint density at radius 2 is 1.59 bits per heavy atom. The summed E-state index contributed by atoms with van der Waals surface area (Å²) in [5.41, 5.74) is 14.6. The summed E-state index contributed by atoms with van der Waals surface area (Å²) in [6, 6.07) is 0. The summed E-state index contributed by atoms with van der Waals surface area (Å²) >= 11 is 0. The minimum atomic E-state index is 0.884. The van der Waals surface area contributed by atoms with Crippen LogP contribution in [0.3, 0.4) is 0 Å². The highest BCUT2D eigenvalue weighted by atomic mass is 14.3. The van der Waals surface area contributed by atoms with Crippen molar-refractivity contribution in [2.24, 2.45) is 17.8 Å². The molecular weight excluding hydrogens is 264 g/mol. The Hall–Kier alpha value is -1.36. The molecule has 22 heavy (non-hydrogen) atoms. The normalized spacial score (nSPS) is 17.1. The standard InChI is InChI=1S/C12H14.C5H10.C5H12/c1-4-6-8-9-11-12(3)10-7-5-2;1-4-3-5(4)2;1-4-5(2)3/h1,5,7,10H2,2-3H3;4-5H,3H2,1-2H3;5H,4H2,1-3H3. The first-order valence-corrected chi connectivity index (χ1v) is 8.74. The van der Waals surface area contributed by atoms with Crippen molar-refractivity contribution in [3.63, 3.8) is 0 Å². The van der Waals surface area contributed by atoms with E-state index >= 15 is 0 Å². The third-order valence-corrected chi connectivity index (χ3v) is 3.72. The zero-order valence-electron chi connectivity index (χ0n) is 16.0. The summed E-state index contributed by atoms with van der Waals surface area (Å²) in [5.74, 6) is 2.99. The van der Waals surface area contributed by atoms with Gasteiger partial charge in [0.15, 0.2) is 0 Å². The van der Waals surface area contributed by atoms with Gasteiger partial charge in [-0.05, 0) is 73.3 Å². The summed E-state index contributed by atoms with van der Waals surface area (Å²) in [6.45, 7) is 18.8. The molecule has 0 saturated heterocycles. The van der Waals surface area contributed by atoms with Gasteiger partial charge in [-0.1, -0.05) is 65.8 Å². The third-order valence-electron chi connectivity index (χ3n) is 3.72. The van der Waals surface area contributed by atoms with Gasteiger partial charge in [0.2, 0.25) is 0 Å². The maximum absolute atomic E-state index is 3.35. The zero-order chi connectivity index (χ0) is 17.4. The van der Waals surface area contributed by atoms with Gasteiger partial charge in [-0.15, -0.1) is 0 Å². The molecule has 0 N–H and O–H groups in total. The number of rotatable bonds is 4. The number of hydrogen-bond donors (Lipinski definition) is 0. The molecule has 1 rings (SSSR count). The van der Waals surface area contributed by atoms with Crippen LogP contribution in [-0.4, -0.2) is 0 Å². The predicted octanol–water partition coefficient (Wildman–Crippen LogP) is 7.24. The topological polar surface area (TPSA) is 0 Å². The smallest absolute Gasteiger partial charge is 0.00137 e. The van der Waals surface area contributed by atoms with E-state index < -0.39 is 0 Å². The molecule has 0 heterocycles. The van der Waals surface area contributed by atoms with Gasteiger partial charge < -0.3 is 0 Å². The summed E-state index contributed by atoms with van der Waals surface area (Å²) in [5, 5.41) is 0. The maximum Gasteiger partial charge on any atom is -0.00137 e. The molecule has 0 spiro atoms. The molecule has 0 radical (unpaired) electrons. The fourth-order valence-electron chi connectivity index (χ4n) is 1.23. The Morgan fingerprint density at radius 3 is 1.91 bits per heavy atom. The van der Waals surface area contributed by atoms with E-state index in [9.17, 15) is 0 Å². The van der Waals surface area contributed by atoms with Crippen LogP contribution >= 0.6 is 0 Å². The zero-order valence-corrected chi connectivity index (χ0v) is 16.0. The molecule has 2 unspecified atom stereocenters. The van der Waals surface area contributed by atoms with Crippen molar-refractivity contribution in [3.05, 3.63) is 40.8 Å². The Labute approximate surface area is 139 Å². The van der Waals surface area contributed by atoms with Crippen LogP contribution in [0.1, 0.15) is 80.6 Å². The van der Waals surface area contributed by atoms with Gasteiger partial charge in [0.1, 0.15) is 0 Å². The van der Waals surface area contributed by atoms with Gasteiger partial charge in [0, 0.05) is 0 Å². The molecule has 1 aliphatic rings. The second-order valence-electron chi connectivity index (χ2n) is 6.55. The highest BCUT2D eigenvalue weighted by Gasteiger charge is 2.26. The fraction of sp³-hybridized carbons (Fsp3) is 0.682. The minimum absolute atomic E-state index is 0.884. The van der Waals surface area contributed by atoms with E-state index in [0.717, 1.165) is 24.2 Å². The van der Waals surface area contributed by atoms with E-state index in [1.54, 1.807) is 0 Å². The van der Waals surface area contributed by atoms with Crippen LogP contribution in [0.5, 0.6) is 0 Å². The Balaban J connectivity index is 0. The monoisotopic (exact) mass is 300 g/mol. The van der Waals surface area contributed by atoms with Crippen LogP contribution in [-0.2, 0) is 0 Å². The lowest BCUT2D eigenvalue weighted by atomic mass is 10.1. The molecule has 124 valence electrons. The van der Waals surface area contributed by atoms with E-state index in [2.05, 4.69) is 76.8 Å². The molecule has 1 fully saturated rings. The first-order chi connectivity index (χ1) is 10.4. The maximum atomic E-state index is 3.35. The van der Waals surface area contributed by atoms with E-state index in [-0.39, 0.29) is 0 Å². The second kappa shape index (κ2) is 16.0. The molecule has 2 atom stereocenters. The number of unbranched alkanes of at least 4 members (excludes halogenated alkanes) is 1. The average Bonchev–Trinajstić information content (AvgIpc) is 3.15. The van der Waals surface area contributed by atoms with Crippen molar-refractivity contribution in [1.29, 1.82) is 0 Å². The fourth-order valence-corrected chi connectivity index (χ4v) is 1.23. The number of allylic oxidation sites excluding steroid dienone is 1. The molecule has 0 aromatic rings. The molecule has 0 nitrogen and oxygen atoms in total. The van der Waals surface area contributed by atoms with Crippen LogP contribution < -0.4 is 0 Å². The van der Waals surface area contributed by atoms with E-state index in [4.69, 9.17) is 0 Å². The Kier molecular flexibility index (Phi) is 16.7. The molecular formula is C22H36. The SMILES string of the molecule is C=C=C=C=C=C=C(C)CCCC.CC1CC1C.CCC(C)C. The summed E-state index contributed by atoms with van der Waals surface area (Å²) in [6.07, 6.45) is 6.29. The van der Waals surface area contributed by atoms with Gasteiger partial charge in [0.05, 0.1) is 0 Å². The van der Waals surface area contributed by atoms with E-state index in [1.807, 2.05) is 6.92 Å². The van der Waals surface area contributed by atoms with Crippen molar-refractivity contribution >= 4 is 0 Å². The molecule has 0 amide bonds. The first-order valence-electron chi connectivity index (χ1n) is 8.74. The van der Waals surface area contributed by atoms with Crippen LogP contribution in [0.4, 0.5) is 0 Å². The van der Waals surface area contributed by atoms with Gasteiger partial charge in [0.25, 0.3) is 0 Å². The second-order valence-corrected chi connectivity index (χ2v) is 6.55. The highest BCUT2D eigenvalue weighted by Crippen LogP contribution is 2.36. The molecule has 0 bridgehead atoms. The Bertz CT molecular complexity index is 438. The molecule has 0 aromatic carbocycles. The lowest BCUT2D eigenvalue weighted by Gasteiger charge is -1.91. The van der Waals surface area contributed by atoms with Gasteiger partial charge >= 0.3 is 0 Å². The van der Waals surface area contributed by atoms with Crippen molar-refractivity contribution in [2.45, 2.75) is 80.6 Å². The first kappa shape index (κ1) is 22.9. The van der Waals surface area contributed by atoms with E-state index in [0.29, 0.717) is 0 Å². The molecule has 1 saturated carbocycles. The van der Waals surface area contributed by atoms with Crippen LogP contribution in [0, 0.1) is 17.8 Å². The molecule has 0 aromatic heterocycles. The van der Waals surface area contributed by atoms with Gasteiger partial charge in [-0.3, -0.25) is 0 Å².